The zero-order valence-corrected chi connectivity index (χ0v) is 12.7. The van der Waals surface area contributed by atoms with E-state index in [4.69, 9.17) is 18.0 Å². The van der Waals surface area contributed by atoms with Gasteiger partial charge in [0.2, 0.25) is 0 Å². The minimum atomic E-state index is -0.461. The molecule has 20 heavy (non-hydrogen) atoms. The molecule has 0 heterocycles. The smallest absolute Gasteiger partial charge is 0.161 e. The Balaban J connectivity index is 2.16. The van der Waals surface area contributed by atoms with Gasteiger partial charge >= 0.3 is 0 Å². The molecule has 2 aromatic carbocycles. The van der Waals surface area contributed by atoms with E-state index in [1.54, 1.807) is 24.3 Å². The van der Waals surface area contributed by atoms with Gasteiger partial charge in [-0.15, -0.1) is 0 Å². The second-order valence-corrected chi connectivity index (χ2v) is 5.37. The molecule has 0 aliphatic rings. The van der Waals surface area contributed by atoms with E-state index in [-0.39, 0.29) is 15.3 Å². The molecule has 0 radical (unpaired) electrons. The maximum atomic E-state index is 14.1. The molecule has 0 amide bonds. The summed E-state index contributed by atoms with van der Waals surface area (Å²) in [6, 6.07) is 9.20. The fourth-order valence-electron chi connectivity index (χ4n) is 1.68. The van der Waals surface area contributed by atoms with Gasteiger partial charge < -0.3 is 11.1 Å². The van der Waals surface area contributed by atoms with Gasteiger partial charge in [-0.05, 0) is 45.8 Å². The van der Waals surface area contributed by atoms with Crippen LogP contribution in [-0.2, 0) is 6.54 Å². The molecule has 2 nitrogen and oxygen atoms in total. The van der Waals surface area contributed by atoms with Crippen LogP contribution in [0.5, 0.6) is 0 Å². The average molecular weight is 357 g/mol. The van der Waals surface area contributed by atoms with Crippen LogP contribution in [0.1, 0.15) is 11.1 Å². The molecule has 0 spiro atoms. The molecule has 0 aliphatic carbocycles. The van der Waals surface area contributed by atoms with E-state index in [1.807, 2.05) is 0 Å². The first-order valence-electron chi connectivity index (χ1n) is 5.75. The minimum absolute atomic E-state index is 0.126. The van der Waals surface area contributed by atoms with Gasteiger partial charge in [0.15, 0.2) is 5.82 Å². The molecule has 0 bridgehead atoms. The van der Waals surface area contributed by atoms with Crippen molar-refractivity contribution >= 4 is 38.8 Å². The predicted molar refractivity (Wildman–Crippen MR) is 83.7 cm³/mol. The first kappa shape index (κ1) is 14.9. The summed E-state index contributed by atoms with van der Waals surface area (Å²) in [5.74, 6) is -0.763. The molecule has 0 aliphatic heterocycles. The van der Waals surface area contributed by atoms with Crippen molar-refractivity contribution < 1.29 is 8.78 Å². The Kier molecular flexibility index (Phi) is 4.67. The second kappa shape index (κ2) is 6.28. The molecule has 0 aromatic heterocycles. The first-order valence-corrected chi connectivity index (χ1v) is 6.95. The molecule has 104 valence electrons. The van der Waals surface area contributed by atoms with Crippen LogP contribution >= 0.6 is 28.1 Å². The topological polar surface area (TPSA) is 38.0 Å². The summed E-state index contributed by atoms with van der Waals surface area (Å²) in [4.78, 5) is 0.126. The highest BCUT2D eigenvalue weighted by Crippen LogP contribution is 2.27. The molecular weight excluding hydrogens is 346 g/mol. The van der Waals surface area contributed by atoms with E-state index < -0.39 is 5.82 Å². The Hall–Kier alpha value is -1.53. The van der Waals surface area contributed by atoms with Crippen LogP contribution in [0, 0.1) is 11.6 Å². The van der Waals surface area contributed by atoms with E-state index in [9.17, 15) is 8.78 Å². The summed E-state index contributed by atoms with van der Waals surface area (Å²) in [5.41, 5.74) is 7.11. The fraction of sp³-hybridized carbons (Fsp3) is 0.0714. The number of hydrogen-bond acceptors (Lipinski definition) is 2. The number of halogens is 3. The molecule has 2 aromatic rings. The van der Waals surface area contributed by atoms with Crippen LogP contribution in [0.15, 0.2) is 40.9 Å². The van der Waals surface area contributed by atoms with Gasteiger partial charge in [-0.25, -0.2) is 8.78 Å². The van der Waals surface area contributed by atoms with E-state index >= 15 is 0 Å². The quantitative estimate of drug-likeness (QED) is 0.814. The summed E-state index contributed by atoms with van der Waals surface area (Å²) < 4.78 is 27.1. The van der Waals surface area contributed by atoms with Crippen LogP contribution in [0.4, 0.5) is 14.5 Å². The number of thiocarbonyl (C=S) groups is 1. The molecule has 3 N–H and O–H groups in total. The first-order chi connectivity index (χ1) is 9.49. The predicted octanol–water partition coefficient (Wildman–Crippen LogP) is 3.97. The summed E-state index contributed by atoms with van der Waals surface area (Å²) in [6.07, 6.45) is 0. The summed E-state index contributed by atoms with van der Waals surface area (Å²) in [5, 5.41) is 2.94. The Morgan fingerprint density at radius 1 is 1.15 bits per heavy atom. The van der Waals surface area contributed by atoms with Crippen LogP contribution in [0.2, 0.25) is 0 Å². The van der Waals surface area contributed by atoms with Crippen LogP contribution in [0.25, 0.3) is 0 Å². The third kappa shape index (κ3) is 3.32. The van der Waals surface area contributed by atoms with Crippen molar-refractivity contribution in [3.05, 3.63) is 63.6 Å². The van der Waals surface area contributed by atoms with E-state index in [0.29, 0.717) is 17.8 Å². The van der Waals surface area contributed by atoms with Crippen molar-refractivity contribution in [1.29, 1.82) is 0 Å². The summed E-state index contributed by atoms with van der Waals surface area (Å²) in [6.45, 7) is 0.385. The number of anilines is 1. The van der Waals surface area contributed by atoms with Gasteiger partial charge in [0.25, 0.3) is 0 Å². The Labute approximate surface area is 129 Å². The lowest BCUT2D eigenvalue weighted by Gasteiger charge is -2.11. The third-order valence-electron chi connectivity index (χ3n) is 2.74. The highest BCUT2D eigenvalue weighted by molar-refractivity contribution is 9.10. The van der Waals surface area contributed by atoms with Gasteiger partial charge in [0.05, 0.1) is 10.2 Å². The Morgan fingerprint density at radius 3 is 2.40 bits per heavy atom. The van der Waals surface area contributed by atoms with Crippen LogP contribution in [0.3, 0.4) is 0 Å². The molecule has 0 unspecified atom stereocenters. The van der Waals surface area contributed by atoms with Crippen molar-refractivity contribution in [1.82, 2.24) is 0 Å². The molecule has 0 saturated heterocycles. The van der Waals surface area contributed by atoms with Gasteiger partial charge in [-0.3, -0.25) is 0 Å². The van der Waals surface area contributed by atoms with Crippen molar-refractivity contribution in [2.75, 3.05) is 5.32 Å². The maximum absolute atomic E-state index is 14.1. The Bertz CT molecular complexity index is 644. The molecule has 6 heteroatoms. The zero-order chi connectivity index (χ0) is 14.7. The van der Waals surface area contributed by atoms with Gasteiger partial charge in [-0.2, -0.15) is 0 Å². The van der Waals surface area contributed by atoms with Gasteiger partial charge in [-0.1, -0.05) is 24.4 Å². The normalized spacial score (nSPS) is 10.3. The molecule has 0 atom stereocenters. The van der Waals surface area contributed by atoms with E-state index in [0.717, 1.165) is 5.56 Å². The van der Waals surface area contributed by atoms with Crippen molar-refractivity contribution in [2.24, 2.45) is 5.73 Å². The molecule has 0 fully saturated rings. The number of nitrogens with two attached hydrogens (primary N) is 1. The van der Waals surface area contributed by atoms with Gasteiger partial charge in [0, 0.05) is 12.1 Å². The lowest BCUT2D eigenvalue weighted by Crippen LogP contribution is -2.12. The highest BCUT2D eigenvalue weighted by Gasteiger charge is 2.12. The number of hydrogen-bond donors (Lipinski definition) is 2. The van der Waals surface area contributed by atoms with E-state index in [2.05, 4.69) is 21.2 Å². The number of nitrogens with one attached hydrogen (secondary N) is 1. The van der Waals surface area contributed by atoms with Crippen LogP contribution in [-0.4, -0.2) is 4.99 Å². The fourth-order valence-corrected chi connectivity index (χ4v) is 2.54. The molecule has 2 rings (SSSR count). The second-order valence-electron chi connectivity index (χ2n) is 4.13. The van der Waals surface area contributed by atoms with Crippen molar-refractivity contribution in [3.8, 4) is 0 Å². The Morgan fingerprint density at radius 2 is 1.80 bits per heavy atom. The maximum Gasteiger partial charge on any atom is 0.161 e. The minimum Gasteiger partial charge on any atom is -0.389 e. The van der Waals surface area contributed by atoms with Gasteiger partial charge in [0.1, 0.15) is 10.8 Å². The number of benzene rings is 2. The molecular formula is C14H11BrF2N2S. The van der Waals surface area contributed by atoms with E-state index in [1.165, 1.54) is 12.1 Å². The van der Waals surface area contributed by atoms with Crippen LogP contribution < -0.4 is 11.1 Å². The highest BCUT2D eigenvalue weighted by atomic mass is 79.9. The summed E-state index contributed by atoms with van der Waals surface area (Å²) in [7, 11) is 0. The zero-order valence-electron chi connectivity index (χ0n) is 10.3. The van der Waals surface area contributed by atoms with Crippen molar-refractivity contribution in [2.45, 2.75) is 6.54 Å². The molecule has 0 saturated carbocycles. The van der Waals surface area contributed by atoms with Crippen molar-refractivity contribution in [3.63, 3.8) is 0 Å². The summed E-state index contributed by atoms with van der Waals surface area (Å²) >= 11 is 7.97. The lowest BCUT2D eigenvalue weighted by molar-refractivity contribution is 0.622. The largest absolute Gasteiger partial charge is 0.389 e. The standard InChI is InChI=1S/C14H11BrF2N2S/c15-12-10(14(18)20)5-6-11(13(12)17)19-7-8-1-3-9(16)4-2-8/h1-6,19H,7H2,(H2,18,20). The SMILES string of the molecule is NC(=S)c1ccc(NCc2ccc(F)cc2)c(F)c1Br. The number of rotatable bonds is 4. The lowest BCUT2D eigenvalue weighted by atomic mass is 10.1. The third-order valence-corrected chi connectivity index (χ3v) is 3.74. The average Bonchev–Trinajstić information content (AvgIpc) is 2.42. The monoisotopic (exact) mass is 356 g/mol.